The maximum Gasteiger partial charge on any atom is 0.258 e. The maximum absolute atomic E-state index is 5.35. The van der Waals surface area contributed by atoms with E-state index in [1.165, 1.54) is 5.56 Å². The summed E-state index contributed by atoms with van der Waals surface area (Å²) in [5.41, 5.74) is 3.05. The van der Waals surface area contributed by atoms with Crippen molar-refractivity contribution in [1.82, 2.24) is 19.7 Å². The minimum atomic E-state index is 0.531. The van der Waals surface area contributed by atoms with Crippen LogP contribution in [0.5, 0.6) is 0 Å². The molecule has 2 aromatic heterocycles. The molecule has 0 unspecified atom stereocenters. The lowest BCUT2D eigenvalue weighted by Crippen LogP contribution is -1.96. The third-order valence-corrected chi connectivity index (χ3v) is 3.58. The summed E-state index contributed by atoms with van der Waals surface area (Å²) in [6.45, 7) is 0.793. The molecule has 0 radical (unpaired) electrons. The van der Waals surface area contributed by atoms with E-state index in [0.29, 0.717) is 11.7 Å². The Bertz CT molecular complexity index is 880. The molecule has 0 bridgehead atoms. The van der Waals surface area contributed by atoms with Crippen molar-refractivity contribution >= 4 is 0 Å². The highest BCUT2D eigenvalue weighted by molar-refractivity contribution is 5.59. The first-order chi connectivity index (χ1) is 11.4. The fraction of sp³-hybridized carbons (Fsp3) is 0.0556. The third-order valence-electron chi connectivity index (χ3n) is 3.58. The van der Waals surface area contributed by atoms with Crippen molar-refractivity contribution in [2.45, 2.75) is 6.54 Å². The summed E-state index contributed by atoms with van der Waals surface area (Å²) in [4.78, 5) is 8.51. The smallest absolute Gasteiger partial charge is 0.258 e. The zero-order valence-electron chi connectivity index (χ0n) is 12.3. The van der Waals surface area contributed by atoms with Crippen LogP contribution in [0.25, 0.3) is 22.8 Å². The topological polar surface area (TPSA) is 56.7 Å². The molecule has 2 aromatic carbocycles. The molecule has 112 valence electrons. The Morgan fingerprint density at radius 2 is 1.74 bits per heavy atom. The van der Waals surface area contributed by atoms with Crippen molar-refractivity contribution < 1.29 is 4.52 Å². The molecule has 5 heteroatoms. The van der Waals surface area contributed by atoms with Gasteiger partial charge in [0.15, 0.2) is 0 Å². The Labute approximate surface area is 133 Å². The molecule has 0 N–H and O–H groups in total. The van der Waals surface area contributed by atoms with Gasteiger partial charge in [-0.25, -0.2) is 4.98 Å². The first-order valence-electron chi connectivity index (χ1n) is 7.33. The average molecular weight is 302 g/mol. The second kappa shape index (κ2) is 5.88. The van der Waals surface area contributed by atoms with Gasteiger partial charge in [0.2, 0.25) is 5.82 Å². The Hall–Kier alpha value is -3.21. The van der Waals surface area contributed by atoms with Crippen molar-refractivity contribution in [1.29, 1.82) is 0 Å². The van der Waals surface area contributed by atoms with Crippen LogP contribution in [-0.4, -0.2) is 19.7 Å². The van der Waals surface area contributed by atoms with Crippen LogP contribution < -0.4 is 0 Å². The van der Waals surface area contributed by atoms with Crippen LogP contribution in [0.2, 0.25) is 0 Å². The van der Waals surface area contributed by atoms with Crippen molar-refractivity contribution in [2.75, 3.05) is 0 Å². The zero-order chi connectivity index (χ0) is 15.5. The van der Waals surface area contributed by atoms with E-state index < -0.39 is 0 Å². The lowest BCUT2D eigenvalue weighted by molar-refractivity contribution is 0.432. The molecule has 0 fully saturated rings. The number of rotatable bonds is 4. The van der Waals surface area contributed by atoms with E-state index in [4.69, 9.17) is 4.52 Å². The highest BCUT2D eigenvalue weighted by Crippen LogP contribution is 2.22. The lowest BCUT2D eigenvalue weighted by atomic mass is 10.1. The molecule has 0 aliphatic rings. The molecule has 5 nitrogen and oxygen atoms in total. The highest BCUT2D eigenvalue weighted by Gasteiger charge is 2.10. The normalized spacial score (nSPS) is 10.8. The first-order valence-corrected chi connectivity index (χ1v) is 7.33. The molecular weight excluding hydrogens is 288 g/mol. The number of nitrogens with zero attached hydrogens (tertiary/aromatic N) is 4. The molecule has 2 heterocycles. The van der Waals surface area contributed by atoms with Crippen LogP contribution >= 0.6 is 0 Å². The van der Waals surface area contributed by atoms with Gasteiger partial charge in [-0.15, -0.1) is 0 Å². The van der Waals surface area contributed by atoms with Gasteiger partial charge in [-0.05, 0) is 17.7 Å². The summed E-state index contributed by atoms with van der Waals surface area (Å²) in [5, 5.41) is 4.07. The van der Waals surface area contributed by atoms with Gasteiger partial charge < -0.3 is 9.09 Å². The standard InChI is InChI=1S/C18H14N4O/c1-2-4-16(5-3-1)18-20-17(21-23-18)15-8-6-14(7-9-15)12-22-11-10-19-13-22/h1-11,13H,12H2. The van der Waals surface area contributed by atoms with Crippen LogP contribution in [-0.2, 0) is 6.54 Å². The van der Waals surface area contributed by atoms with Gasteiger partial charge in [-0.1, -0.05) is 47.6 Å². The van der Waals surface area contributed by atoms with Gasteiger partial charge >= 0.3 is 0 Å². The molecule has 23 heavy (non-hydrogen) atoms. The summed E-state index contributed by atoms with van der Waals surface area (Å²) in [6, 6.07) is 17.9. The Balaban J connectivity index is 1.55. The highest BCUT2D eigenvalue weighted by atomic mass is 16.5. The van der Waals surface area contributed by atoms with Gasteiger partial charge in [-0.2, -0.15) is 4.98 Å². The third kappa shape index (κ3) is 2.89. The summed E-state index contributed by atoms with van der Waals surface area (Å²) >= 11 is 0. The largest absolute Gasteiger partial charge is 0.334 e. The summed E-state index contributed by atoms with van der Waals surface area (Å²) in [5.74, 6) is 1.13. The number of hydrogen-bond acceptors (Lipinski definition) is 4. The van der Waals surface area contributed by atoms with Gasteiger partial charge in [0.25, 0.3) is 5.89 Å². The summed E-state index contributed by atoms with van der Waals surface area (Å²) in [7, 11) is 0. The van der Waals surface area contributed by atoms with Gasteiger partial charge in [0.05, 0.1) is 6.33 Å². The minimum Gasteiger partial charge on any atom is -0.334 e. The van der Waals surface area contributed by atoms with Crippen LogP contribution in [0.4, 0.5) is 0 Å². The molecule has 0 amide bonds. The Kier molecular flexibility index (Phi) is 3.44. The van der Waals surface area contributed by atoms with Gasteiger partial charge in [0.1, 0.15) is 0 Å². The van der Waals surface area contributed by atoms with Crippen LogP contribution in [0.15, 0.2) is 77.8 Å². The van der Waals surface area contributed by atoms with Crippen LogP contribution in [0.3, 0.4) is 0 Å². The zero-order valence-corrected chi connectivity index (χ0v) is 12.3. The second-order valence-corrected chi connectivity index (χ2v) is 5.22. The van der Waals surface area contributed by atoms with Crippen molar-refractivity contribution in [2.24, 2.45) is 0 Å². The fourth-order valence-electron chi connectivity index (χ4n) is 2.39. The van der Waals surface area contributed by atoms with Crippen molar-refractivity contribution in [3.05, 3.63) is 78.9 Å². The van der Waals surface area contributed by atoms with E-state index in [1.54, 1.807) is 12.5 Å². The van der Waals surface area contributed by atoms with E-state index in [9.17, 15) is 0 Å². The molecule has 0 atom stereocenters. The van der Waals surface area contributed by atoms with E-state index in [2.05, 4.69) is 27.3 Å². The molecule has 4 rings (SSSR count). The van der Waals surface area contributed by atoms with Gasteiger partial charge in [-0.3, -0.25) is 0 Å². The quantitative estimate of drug-likeness (QED) is 0.577. The number of imidazole rings is 1. The first kappa shape index (κ1) is 13.5. The monoisotopic (exact) mass is 302 g/mol. The number of hydrogen-bond donors (Lipinski definition) is 0. The molecule has 0 saturated heterocycles. The summed E-state index contributed by atoms with van der Waals surface area (Å²) < 4.78 is 7.37. The van der Waals surface area contributed by atoms with Gasteiger partial charge in [0, 0.05) is 30.1 Å². The molecule has 0 saturated carbocycles. The Morgan fingerprint density at radius 3 is 2.48 bits per heavy atom. The predicted molar refractivity (Wildman–Crippen MR) is 86.5 cm³/mol. The van der Waals surface area contributed by atoms with E-state index in [0.717, 1.165) is 17.7 Å². The van der Waals surface area contributed by atoms with E-state index in [1.807, 2.05) is 53.2 Å². The minimum absolute atomic E-state index is 0.531. The van der Waals surface area contributed by atoms with Crippen molar-refractivity contribution in [3.8, 4) is 22.8 Å². The van der Waals surface area contributed by atoms with Crippen LogP contribution in [0, 0.1) is 0 Å². The molecular formula is C18H14N4O. The lowest BCUT2D eigenvalue weighted by Gasteiger charge is -2.02. The Morgan fingerprint density at radius 1 is 0.913 bits per heavy atom. The molecule has 0 aliphatic carbocycles. The number of benzene rings is 2. The second-order valence-electron chi connectivity index (χ2n) is 5.22. The molecule has 0 aliphatic heterocycles. The van der Waals surface area contributed by atoms with E-state index >= 15 is 0 Å². The molecule has 4 aromatic rings. The average Bonchev–Trinajstić information content (AvgIpc) is 3.28. The maximum atomic E-state index is 5.35. The van der Waals surface area contributed by atoms with E-state index in [-0.39, 0.29) is 0 Å². The SMILES string of the molecule is c1ccc(-c2nc(-c3ccc(Cn4ccnc4)cc3)no2)cc1. The predicted octanol–water partition coefficient (Wildman–Crippen LogP) is 3.65. The molecule has 0 spiro atoms. The number of aromatic nitrogens is 4. The summed E-state index contributed by atoms with van der Waals surface area (Å²) in [6.07, 6.45) is 5.53. The van der Waals surface area contributed by atoms with Crippen LogP contribution in [0.1, 0.15) is 5.56 Å². The van der Waals surface area contributed by atoms with Crippen molar-refractivity contribution in [3.63, 3.8) is 0 Å². The fourth-order valence-corrected chi connectivity index (χ4v) is 2.39.